The van der Waals surface area contributed by atoms with Crippen LogP contribution >= 0.6 is 0 Å². The molecule has 0 aliphatic rings. The lowest BCUT2D eigenvalue weighted by atomic mass is 9.78. The molecule has 0 saturated heterocycles. The minimum Gasteiger partial charge on any atom is -0.507 e. The van der Waals surface area contributed by atoms with E-state index in [-0.39, 0.29) is 10.8 Å². The van der Waals surface area contributed by atoms with E-state index in [0.29, 0.717) is 5.75 Å². The molecular weight excluding hydrogens is 246 g/mol. The van der Waals surface area contributed by atoms with Crippen molar-refractivity contribution in [2.75, 3.05) is 0 Å². The first kappa shape index (κ1) is 14.7. The third-order valence-corrected chi connectivity index (χ3v) is 3.67. The smallest absolute Gasteiger partial charge is 0.128 e. The van der Waals surface area contributed by atoms with Crippen molar-refractivity contribution in [1.82, 2.24) is 4.98 Å². The molecule has 1 aromatic heterocycles. The summed E-state index contributed by atoms with van der Waals surface area (Å²) < 4.78 is 0. The fraction of sp³-hybridized carbons (Fsp3) is 0.444. The van der Waals surface area contributed by atoms with Crippen molar-refractivity contribution < 1.29 is 5.11 Å². The molecule has 0 bridgehead atoms. The first-order valence-electron chi connectivity index (χ1n) is 7.12. The average Bonchev–Trinajstić information content (AvgIpc) is 2.79. The summed E-state index contributed by atoms with van der Waals surface area (Å²) in [4.78, 5) is 3.19. The molecule has 1 heterocycles. The molecule has 1 aromatic carbocycles. The fourth-order valence-electron chi connectivity index (χ4n) is 2.34. The number of aromatic nitrogens is 1. The van der Waals surface area contributed by atoms with Gasteiger partial charge in [0.15, 0.2) is 0 Å². The molecule has 108 valence electrons. The zero-order valence-corrected chi connectivity index (χ0v) is 13.3. The van der Waals surface area contributed by atoms with Gasteiger partial charge in [0.2, 0.25) is 0 Å². The van der Waals surface area contributed by atoms with Crippen LogP contribution in [-0.4, -0.2) is 10.1 Å². The van der Waals surface area contributed by atoms with Gasteiger partial charge < -0.3 is 10.1 Å². The molecule has 0 fully saturated rings. The summed E-state index contributed by atoms with van der Waals surface area (Å²) in [5.74, 6) is 0.382. The van der Waals surface area contributed by atoms with E-state index in [1.54, 1.807) is 0 Å². The van der Waals surface area contributed by atoms with Crippen LogP contribution in [0.15, 0.2) is 30.5 Å². The third-order valence-electron chi connectivity index (χ3n) is 3.67. The van der Waals surface area contributed by atoms with Crippen LogP contribution in [0, 0.1) is 0 Å². The van der Waals surface area contributed by atoms with Gasteiger partial charge in [-0.1, -0.05) is 47.6 Å². The first-order valence-corrected chi connectivity index (χ1v) is 7.12. The lowest BCUT2D eigenvalue weighted by Crippen LogP contribution is -2.17. The minimum absolute atomic E-state index is 0.0506. The standard InChI is InChI=1S/C18H25NO/c1-17(2,3)12-10-13(15-8-7-9-19-15)16(20)14(11-12)18(4,5)6/h7-11,19-20H,1-6H3. The predicted octanol–water partition coefficient (Wildman–Crippen LogP) is 4.98. The van der Waals surface area contributed by atoms with Gasteiger partial charge in [0, 0.05) is 23.0 Å². The van der Waals surface area contributed by atoms with Crippen LogP contribution in [0.2, 0.25) is 0 Å². The maximum atomic E-state index is 10.7. The highest BCUT2D eigenvalue weighted by Crippen LogP contribution is 2.41. The fourth-order valence-corrected chi connectivity index (χ4v) is 2.34. The molecule has 2 nitrogen and oxygen atoms in total. The number of nitrogens with one attached hydrogen (secondary N) is 1. The molecule has 0 atom stereocenters. The number of phenolic OH excluding ortho intramolecular Hbond substituents is 1. The predicted molar refractivity (Wildman–Crippen MR) is 85.3 cm³/mol. The Kier molecular flexibility index (Phi) is 3.45. The van der Waals surface area contributed by atoms with Crippen molar-refractivity contribution >= 4 is 0 Å². The van der Waals surface area contributed by atoms with Gasteiger partial charge >= 0.3 is 0 Å². The van der Waals surface area contributed by atoms with Crippen molar-refractivity contribution in [2.45, 2.75) is 52.4 Å². The van der Waals surface area contributed by atoms with Crippen LogP contribution in [0.25, 0.3) is 11.3 Å². The molecule has 0 radical (unpaired) electrons. The van der Waals surface area contributed by atoms with E-state index in [1.807, 2.05) is 18.3 Å². The average molecular weight is 271 g/mol. The zero-order chi connectivity index (χ0) is 15.1. The number of aromatic hydroxyl groups is 1. The van der Waals surface area contributed by atoms with Crippen molar-refractivity contribution in [2.24, 2.45) is 0 Å². The van der Waals surface area contributed by atoms with Crippen LogP contribution in [0.5, 0.6) is 5.75 Å². The second-order valence-corrected chi connectivity index (χ2v) is 7.50. The largest absolute Gasteiger partial charge is 0.507 e. The zero-order valence-electron chi connectivity index (χ0n) is 13.3. The second kappa shape index (κ2) is 4.69. The molecule has 2 rings (SSSR count). The van der Waals surface area contributed by atoms with Crippen molar-refractivity contribution in [3.8, 4) is 17.0 Å². The lowest BCUT2D eigenvalue weighted by molar-refractivity contribution is 0.446. The Morgan fingerprint density at radius 1 is 0.950 bits per heavy atom. The Morgan fingerprint density at radius 3 is 2.05 bits per heavy atom. The van der Waals surface area contributed by atoms with Crippen LogP contribution in [0.3, 0.4) is 0 Å². The number of hydrogen-bond acceptors (Lipinski definition) is 1. The molecule has 20 heavy (non-hydrogen) atoms. The molecule has 0 unspecified atom stereocenters. The van der Waals surface area contributed by atoms with Crippen molar-refractivity contribution in [3.63, 3.8) is 0 Å². The maximum absolute atomic E-state index is 10.7. The highest BCUT2D eigenvalue weighted by Gasteiger charge is 2.25. The second-order valence-electron chi connectivity index (χ2n) is 7.50. The van der Waals surface area contributed by atoms with Crippen LogP contribution in [0.4, 0.5) is 0 Å². The summed E-state index contributed by atoms with van der Waals surface area (Å²) in [6, 6.07) is 8.18. The summed E-state index contributed by atoms with van der Waals surface area (Å²) in [6.45, 7) is 13.0. The SMILES string of the molecule is CC(C)(C)c1cc(-c2ccc[nH]2)c(O)c(C(C)(C)C)c1. The van der Waals surface area contributed by atoms with Crippen LogP contribution < -0.4 is 0 Å². The molecule has 2 N–H and O–H groups in total. The van der Waals surface area contributed by atoms with Gasteiger partial charge in [0.05, 0.1) is 0 Å². The Balaban J connectivity index is 2.75. The molecule has 0 aliphatic carbocycles. The highest BCUT2D eigenvalue weighted by molar-refractivity contribution is 5.71. The molecule has 2 heteroatoms. The topological polar surface area (TPSA) is 36.0 Å². The number of hydrogen-bond donors (Lipinski definition) is 2. The lowest BCUT2D eigenvalue weighted by Gasteiger charge is -2.27. The molecular formula is C18H25NO. The minimum atomic E-state index is -0.0906. The van der Waals surface area contributed by atoms with Crippen LogP contribution in [-0.2, 0) is 10.8 Å². The molecule has 0 spiro atoms. The van der Waals surface area contributed by atoms with E-state index >= 15 is 0 Å². The van der Waals surface area contributed by atoms with E-state index in [9.17, 15) is 5.11 Å². The maximum Gasteiger partial charge on any atom is 0.128 e. The summed E-state index contributed by atoms with van der Waals surface area (Å²) in [5, 5.41) is 10.7. The Hall–Kier alpha value is -1.70. The van der Waals surface area contributed by atoms with Crippen LogP contribution in [0.1, 0.15) is 52.7 Å². The quantitative estimate of drug-likeness (QED) is 0.753. The Labute approximate surface area is 121 Å². The van der Waals surface area contributed by atoms with Gasteiger partial charge in [-0.25, -0.2) is 0 Å². The normalized spacial score (nSPS) is 12.7. The number of phenols is 1. The van der Waals surface area contributed by atoms with E-state index in [4.69, 9.17) is 0 Å². The number of rotatable bonds is 1. The summed E-state index contributed by atoms with van der Waals surface area (Å²) in [6.07, 6.45) is 1.88. The van der Waals surface area contributed by atoms with Gasteiger partial charge in [-0.2, -0.15) is 0 Å². The molecule has 0 saturated carbocycles. The number of aromatic amines is 1. The van der Waals surface area contributed by atoms with Gasteiger partial charge in [0.25, 0.3) is 0 Å². The summed E-state index contributed by atoms with van der Waals surface area (Å²) in [7, 11) is 0. The monoisotopic (exact) mass is 271 g/mol. The Bertz CT molecular complexity index is 596. The summed E-state index contributed by atoms with van der Waals surface area (Å²) in [5.41, 5.74) is 4.03. The number of benzene rings is 1. The third kappa shape index (κ3) is 2.74. The van der Waals surface area contributed by atoms with E-state index in [2.05, 4.69) is 58.7 Å². The van der Waals surface area contributed by atoms with Gasteiger partial charge in [-0.15, -0.1) is 0 Å². The van der Waals surface area contributed by atoms with Gasteiger partial charge in [0.1, 0.15) is 5.75 Å². The van der Waals surface area contributed by atoms with E-state index < -0.39 is 0 Å². The van der Waals surface area contributed by atoms with E-state index in [1.165, 1.54) is 5.56 Å². The first-order chi connectivity index (χ1) is 9.10. The van der Waals surface area contributed by atoms with Crippen molar-refractivity contribution in [3.05, 3.63) is 41.6 Å². The highest BCUT2D eigenvalue weighted by atomic mass is 16.3. The number of H-pyrrole nitrogens is 1. The summed E-state index contributed by atoms with van der Waals surface area (Å²) >= 11 is 0. The molecule has 0 amide bonds. The molecule has 2 aromatic rings. The van der Waals surface area contributed by atoms with E-state index in [0.717, 1.165) is 16.8 Å². The molecule has 0 aliphatic heterocycles. The van der Waals surface area contributed by atoms with Crippen molar-refractivity contribution in [1.29, 1.82) is 0 Å². The van der Waals surface area contributed by atoms with Gasteiger partial charge in [-0.3, -0.25) is 0 Å². The van der Waals surface area contributed by atoms with Gasteiger partial charge in [-0.05, 0) is 34.6 Å². The Morgan fingerprint density at radius 2 is 1.60 bits per heavy atom.